The highest BCUT2D eigenvalue weighted by Crippen LogP contribution is 2.12. The molecule has 0 aliphatic heterocycles. The van der Waals surface area contributed by atoms with Crippen LogP contribution in [0.3, 0.4) is 0 Å². The largest absolute Gasteiger partial charge is 0.329 e. The highest BCUT2D eigenvalue weighted by Gasteiger charge is 2.04. The molecule has 0 heterocycles. The van der Waals surface area contributed by atoms with Crippen molar-refractivity contribution in [3.05, 3.63) is 65.7 Å². The molecule has 0 atom stereocenters. The fourth-order valence-electron chi connectivity index (χ4n) is 1.82. The lowest BCUT2D eigenvalue weighted by Crippen LogP contribution is -2.25. The van der Waals surface area contributed by atoms with E-state index in [-0.39, 0.29) is 16.6 Å². The van der Waals surface area contributed by atoms with E-state index in [2.05, 4.69) is 15.8 Å². The molecule has 0 aliphatic rings. The second-order valence-electron chi connectivity index (χ2n) is 4.46. The van der Waals surface area contributed by atoms with Gasteiger partial charge in [-0.15, -0.1) is 0 Å². The Bertz CT molecular complexity index is 684. The second kappa shape index (κ2) is 7.61. The minimum Gasteiger partial charge on any atom is -0.329 e. The van der Waals surface area contributed by atoms with Gasteiger partial charge in [-0.3, -0.25) is 5.43 Å². The van der Waals surface area contributed by atoms with Gasteiger partial charge in [0.25, 0.3) is 0 Å². The van der Waals surface area contributed by atoms with Gasteiger partial charge in [0, 0.05) is 0 Å². The summed E-state index contributed by atoms with van der Waals surface area (Å²) >= 11 is 5.08. The summed E-state index contributed by atoms with van der Waals surface area (Å²) in [5.41, 5.74) is 4.46. The van der Waals surface area contributed by atoms with Crippen molar-refractivity contribution in [2.24, 2.45) is 5.10 Å². The zero-order valence-corrected chi connectivity index (χ0v) is 12.8. The number of hydrazone groups is 1. The quantitative estimate of drug-likeness (QED) is 0.507. The van der Waals surface area contributed by atoms with E-state index in [0.717, 1.165) is 11.3 Å². The van der Waals surface area contributed by atoms with Crippen molar-refractivity contribution in [1.29, 1.82) is 0 Å². The number of halogens is 2. The SMILES string of the molecule is CC/C(=N/NC(=S)Nc1ccccc1F)c1ccc(F)cc1. The zero-order valence-electron chi connectivity index (χ0n) is 11.9. The van der Waals surface area contributed by atoms with Crippen LogP contribution in [0.5, 0.6) is 0 Å². The molecular formula is C16H15F2N3S. The summed E-state index contributed by atoms with van der Waals surface area (Å²) in [6, 6.07) is 12.2. The van der Waals surface area contributed by atoms with Gasteiger partial charge in [0.1, 0.15) is 11.6 Å². The molecule has 0 spiro atoms. The fraction of sp³-hybridized carbons (Fsp3) is 0.125. The molecule has 0 aliphatic carbocycles. The number of nitrogens with one attached hydrogen (secondary N) is 2. The van der Waals surface area contributed by atoms with E-state index in [1.165, 1.54) is 18.2 Å². The van der Waals surface area contributed by atoms with E-state index in [0.29, 0.717) is 6.42 Å². The van der Waals surface area contributed by atoms with Crippen molar-refractivity contribution in [3.8, 4) is 0 Å². The standard InChI is InChI=1S/C16H15F2N3S/c1-2-14(11-7-9-12(17)10-8-11)20-21-16(22)19-15-6-4-3-5-13(15)18/h3-10H,2H2,1H3,(H2,19,21,22)/b20-14-. The van der Waals surface area contributed by atoms with E-state index in [1.54, 1.807) is 30.3 Å². The summed E-state index contributed by atoms with van der Waals surface area (Å²) in [6.45, 7) is 1.93. The Labute approximate surface area is 133 Å². The van der Waals surface area contributed by atoms with E-state index in [9.17, 15) is 8.78 Å². The molecule has 0 unspecified atom stereocenters. The van der Waals surface area contributed by atoms with Crippen molar-refractivity contribution < 1.29 is 8.78 Å². The van der Waals surface area contributed by atoms with Crippen molar-refractivity contribution in [2.75, 3.05) is 5.32 Å². The van der Waals surface area contributed by atoms with E-state index >= 15 is 0 Å². The van der Waals surface area contributed by atoms with Crippen LogP contribution in [0.25, 0.3) is 0 Å². The lowest BCUT2D eigenvalue weighted by Gasteiger charge is -2.09. The predicted molar refractivity (Wildman–Crippen MR) is 89.0 cm³/mol. The second-order valence-corrected chi connectivity index (χ2v) is 4.87. The molecule has 0 bridgehead atoms. The summed E-state index contributed by atoms with van der Waals surface area (Å²) in [7, 11) is 0. The van der Waals surface area contributed by atoms with Gasteiger partial charge in [0.15, 0.2) is 5.11 Å². The van der Waals surface area contributed by atoms with Gasteiger partial charge in [-0.2, -0.15) is 5.10 Å². The van der Waals surface area contributed by atoms with Crippen LogP contribution in [-0.2, 0) is 0 Å². The Morgan fingerprint density at radius 3 is 2.41 bits per heavy atom. The molecule has 2 N–H and O–H groups in total. The monoisotopic (exact) mass is 319 g/mol. The minimum absolute atomic E-state index is 0.179. The maximum atomic E-state index is 13.5. The Morgan fingerprint density at radius 1 is 1.09 bits per heavy atom. The third kappa shape index (κ3) is 4.33. The van der Waals surface area contributed by atoms with Gasteiger partial charge in [0.2, 0.25) is 0 Å². The Morgan fingerprint density at radius 2 is 1.77 bits per heavy atom. The summed E-state index contributed by atoms with van der Waals surface area (Å²) < 4.78 is 26.4. The number of thiocarbonyl (C=S) groups is 1. The first-order valence-corrected chi connectivity index (χ1v) is 7.15. The molecule has 2 rings (SSSR count). The van der Waals surface area contributed by atoms with Crippen molar-refractivity contribution in [1.82, 2.24) is 5.43 Å². The summed E-state index contributed by atoms with van der Waals surface area (Å²) in [4.78, 5) is 0. The number of hydrogen-bond donors (Lipinski definition) is 2. The molecule has 0 saturated heterocycles. The normalized spacial score (nSPS) is 11.1. The third-order valence-electron chi connectivity index (χ3n) is 2.93. The Hall–Kier alpha value is -2.34. The van der Waals surface area contributed by atoms with E-state index in [4.69, 9.17) is 12.2 Å². The molecular weight excluding hydrogens is 304 g/mol. The highest BCUT2D eigenvalue weighted by molar-refractivity contribution is 7.80. The number of nitrogens with zero attached hydrogens (tertiary/aromatic N) is 1. The third-order valence-corrected chi connectivity index (χ3v) is 3.12. The molecule has 0 aromatic heterocycles. The average molecular weight is 319 g/mol. The van der Waals surface area contributed by atoms with Crippen LogP contribution in [0.1, 0.15) is 18.9 Å². The van der Waals surface area contributed by atoms with Gasteiger partial charge in [-0.1, -0.05) is 31.2 Å². The molecule has 3 nitrogen and oxygen atoms in total. The van der Waals surface area contributed by atoms with E-state index in [1.807, 2.05) is 6.92 Å². The Balaban J connectivity index is 2.04. The number of hydrogen-bond acceptors (Lipinski definition) is 2. The topological polar surface area (TPSA) is 36.4 Å². The van der Waals surface area contributed by atoms with Crippen LogP contribution >= 0.6 is 12.2 Å². The van der Waals surface area contributed by atoms with Crippen molar-refractivity contribution in [2.45, 2.75) is 13.3 Å². The van der Waals surface area contributed by atoms with Gasteiger partial charge in [-0.25, -0.2) is 8.78 Å². The number of anilines is 1. The predicted octanol–water partition coefficient (Wildman–Crippen LogP) is 4.07. The molecule has 0 fully saturated rings. The zero-order chi connectivity index (χ0) is 15.9. The molecule has 0 radical (unpaired) electrons. The van der Waals surface area contributed by atoms with Crippen LogP contribution in [-0.4, -0.2) is 10.8 Å². The van der Waals surface area contributed by atoms with Gasteiger partial charge < -0.3 is 5.32 Å². The number of rotatable bonds is 4. The summed E-state index contributed by atoms with van der Waals surface area (Å²) in [6.07, 6.45) is 0.640. The summed E-state index contributed by atoms with van der Waals surface area (Å²) in [5, 5.41) is 7.09. The molecule has 2 aromatic carbocycles. The van der Waals surface area contributed by atoms with Gasteiger partial charge >= 0.3 is 0 Å². The van der Waals surface area contributed by atoms with Crippen LogP contribution < -0.4 is 10.7 Å². The minimum atomic E-state index is -0.398. The van der Waals surface area contributed by atoms with Gasteiger partial charge in [0.05, 0.1) is 11.4 Å². The smallest absolute Gasteiger partial charge is 0.191 e. The average Bonchev–Trinajstić information content (AvgIpc) is 2.52. The highest BCUT2D eigenvalue weighted by atomic mass is 32.1. The lowest BCUT2D eigenvalue weighted by molar-refractivity contribution is 0.627. The van der Waals surface area contributed by atoms with Crippen LogP contribution in [0.4, 0.5) is 14.5 Å². The fourth-order valence-corrected chi connectivity index (χ4v) is 1.98. The van der Waals surface area contributed by atoms with Crippen LogP contribution in [0, 0.1) is 11.6 Å². The Kier molecular flexibility index (Phi) is 5.55. The number of para-hydroxylation sites is 1. The molecule has 0 amide bonds. The molecule has 0 saturated carbocycles. The van der Waals surface area contributed by atoms with Crippen LogP contribution in [0.15, 0.2) is 53.6 Å². The molecule has 114 valence electrons. The van der Waals surface area contributed by atoms with Crippen molar-refractivity contribution in [3.63, 3.8) is 0 Å². The maximum Gasteiger partial charge on any atom is 0.191 e. The first kappa shape index (κ1) is 16.0. The molecule has 6 heteroatoms. The van der Waals surface area contributed by atoms with Gasteiger partial charge in [-0.05, 0) is 48.5 Å². The van der Waals surface area contributed by atoms with Crippen LogP contribution in [0.2, 0.25) is 0 Å². The lowest BCUT2D eigenvalue weighted by atomic mass is 10.1. The van der Waals surface area contributed by atoms with E-state index < -0.39 is 5.82 Å². The van der Waals surface area contributed by atoms with Crippen molar-refractivity contribution >= 4 is 28.7 Å². The molecule has 2 aromatic rings. The first-order valence-electron chi connectivity index (χ1n) is 6.74. The summed E-state index contributed by atoms with van der Waals surface area (Å²) in [5.74, 6) is -0.700. The first-order chi connectivity index (χ1) is 10.6. The maximum absolute atomic E-state index is 13.5. The molecule has 22 heavy (non-hydrogen) atoms. The number of benzene rings is 2.